The molecule has 1 aromatic rings. The van der Waals surface area contributed by atoms with Crippen LogP contribution in [0.3, 0.4) is 0 Å². The van der Waals surface area contributed by atoms with Gasteiger partial charge in [0, 0.05) is 19.6 Å². The van der Waals surface area contributed by atoms with Crippen molar-refractivity contribution < 1.29 is 4.74 Å². The molecular formula is C17H26N2O. The third-order valence-electron chi connectivity index (χ3n) is 2.94. The molecule has 0 radical (unpaired) electrons. The van der Waals surface area contributed by atoms with Crippen LogP contribution in [0.2, 0.25) is 0 Å². The monoisotopic (exact) mass is 274 g/mol. The molecule has 0 saturated heterocycles. The average molecular weight is 274 g/mol. The van der Waals surface area contributed by atoms with Gasteiger partial charge in [-0.3, -0.25) is 0 Å². The fraction of sp³-hybridized carbons (Fsp3) is 0.412. The van der Waals surface area contributed by atoms with Gasteiger partial charge in [-0.25, -0.2) is 0 Å². The number of nitrogens with one attached hydrogen (secondary N) is 1. The van der Waals surface area contributed by atoms with Gasteiger partial charge in [0.2, 0.25) is 0 Å². The van der Waals surface area contributed by atoms with Crippen LogP contribution in [-0.4, -0.2) is 26.2 Å². The van der Waals surface area contributed by atoms with E-state index in [1.165, 1.54) is 5.56 Å². The highest BCUT2D eigenvalue weighted by atomic mass is 16.5. The minimum absolute atomic E-state index is 0.660. The number of hydrogen-bond acceptors (Lipinski definition) is 3. The SMILES string of the molecule is C=CCN(CC=C)c1ccc(CNCC)cc1OCC. The smallest absolute Gasteiger partial charge is 0.142 e. The van der Waals surface area contributed by atoms with Gasteiger partial charge in [-0.15, -0.1) is 13.2 Å². The standard InChI is InChI=1S/C17H26N2O/c1-5-11-19(12-6-2)16-10-9-15(14-18-7-3)13-17(16)20-8-4/h5-6,9-10,13,18H,1-2,7-8,11-12,14H2,3-4H3. The number of benzene rings is 1. The largest absolute Gasteiger partial charge is 0.492 e. The Hall–Kier alpha value is -1.74. The minimum atomic E-state index is 0.660. The Kier molecular flexibility index (Phi) is 7.51. The number of ether oxygens (including phenoxy) is 1. The Bertz CT molecular complexity index is 419. The maximum atomic E-state index is 5.79. The first-order chi connectivity index (χ1) is 9.76. The van der Waals surface area contributed by atoms with E-state index in [9.17, 15) is 0 Å². The Morgan fingerprint density at radius 3 is 2.45 bits per heavy atom. The van der Waals surface area contributed by atoms with Crippen molar-refractivity contribution in [1.82, 2.24) is 5.32 Å². The summed E-state index contributed by atoms with van der Waals surface area (Å²) in [5.74, 6) is 0.923. The lowest BCUT2D eigenvalue weighted by molar-refractivity contribution is 0.340. The van der Waals surface area contributed by atoms with Crippen molar-refractivity contribution in [3.8, 4) is 5.75 Å². The second-order valence-corrected chi connectivity index (χ2v) is 4.50. The van der Waals surface area contributed by atoms with E-state index >= 15 is 0 Å². The van der Waals surface area contributed by atoms with Gasteiger partial charge in [-0.1, -0.05) is 25.1 Å². The van der Waals surface area contributed by atoms with Crippen molar-refractivity contribution >= 4 is 5.69 Å². The van der Waals surface area contributed by atoms with Gasteiger partial charge in [0.1, 0.15) is 5.75 Å². The third-order valence-corrected chi connectivity index (χ3v) is 2.94. The Balaban J connectivity index is 3.02. The van der Waals surface area contributed by atoms with Gasteiger partial charge in [0.15, 0.2) is 0 Å². The fourth-order valence-corrected chi connectivity index (χ4v) is 2.05. The summed E-state index contributed by atoms with van der Waals surface area (Å²) in [4.78, 5) is 2.20. The highest BCUT2D eigenvalue weighted by Gasteiger charge is 2.11. The normalized spacial score (nSPS) is 10.1. The molecule has 0 atom stereocenters. The summed E-state index contributed by atoms with van der Waals surface area (Å²) >= 11 is 0. The van der Waals surface area contributed by atoms with Crippen LogP contribution in [0.5, 0.6) is 5.75 Å². The summed E-state index contributed by atoms with van der Waals surface area (Å²) in [5, 5.41) is 3.33. The number of hydrogen-bond donors (Lipinski definition) is 1. The van der Waals surface area contributed by atoms with E-state index < -0.39 is 0 Å². The third kappa shape index (κ3) is 4.74. The van der Waals surface area contributed by atoms with Crippen LogP contribution in [-0.2, 0) is 6.54 Å². The van der Waals surface area contributed by atoms with Gasteiger partial charge >= 0.3 is 0 Å². The first-order valence-corrected chi connectivity index (χ1v) is 7.19. The summed E-state index contributed by atoms with van der Waals surface area (Å²) in [6, 6.07) is 6.37. The van der Waals surface area contributed by atoms with E-state index in [0.717, 1.165) is 37.6 Å². The Labute approximate surface area is 122 Å². The molecule has 1 N–H and O–H groups in total. The van der Waals surface area contributed by atoms with Crippen molar-refractivity contribution in [2.45, 2.75) is 20.4 Å². The summed E-state index contributed by atoms with van der Waals surface area (Å²) in [7, 11) is 0. The average Bonchev–Trinajstić information content (AvgIpc) is 2.45. The number of anilines is 1. The molecule has 20 heavy (non-hydrogen) atoms. The summed E-state index contributed by atoms with van der Waals surface area (Å²) in [6.45, 7) is 15.8. The zero-order chi connectivity index (χ0) is 14.8. The molecule has 1 rings (SSSR count). The van der Waals surface area contributed by atoms with Crippen molar-refractivity contribution in [3.63, 3.8) is 0 Å². The highest BCUT2D eigenvalue weighted by Crippen LogP contribution is 2.29. The maximum absolute atomic E-state index is 5.79. The molecule has 0 fully saturated rings. The minimum Gasteiger partial charge on any atom is -0.492 e. The molecule has 0 aromatic heterocycles. The molecule has 110 valence electrons. The molecular weight excluding hydrogens is 248 g/mol. The first-order valence-electron chi connectivity index (χ1n) is 7.19. The van der Waals surface area contributed by atoms with E-state index in [1.807, 2.05) is 19.1 Å². The second kappa shape index (κ2) is 9.21. The summed E-state index contributed by atoms with van der Waals surface area (Å²) in [5.41, 5.74) is 2.32. The van der Waals surface area contributed by atoms with Gasteiger partial charge in [0.05, 0.1) is 12.3 Å². The molecule has 3 nitrogen and oxygen atoms in total. The molecule has 3 heteroatoms. The molecule has 0 aliphatic heterocycles. The van der Waals surface area contributed by atoms with E-state index in [2.05, 4.69) is 48.5 Å². The lowest BCUT2D eigenvalue weighted by atomic mass is 10.1. The molecule has 0 heterocycles. The molecule has 0 aliphatic carbocycles. The van der Waals surface area contributed by atoms with Crippen molar-refractivity contribution in [2.75, 3.05) is 31.1 Å². The predicted octanol–water partition coefficient (Wildman–Crippen LogP) is 3.37. The van der Waals surface area contributed by atoms with E-state index in [0.29, 0.717) is 6.61 Å². The lowest BCUT2D eigenvalue weighted by Gasteiger charge is -2.24. The van der Waals surface area contributed by atoms with Crippen LogP contribution in [0, 0.1) is 0 Å². The molecule has 0 saturated carbocycles. The van der Waals surface area contributed by atoms with Crippen LogP contribution in [0.15, 0.2) is 43.5 Å². The number of rotatable bonds is 10. The lowest BCUT2D eigenvalue weighted by Crippen LogP contribution is -2.24. The summed E-state index contributed by atoms with van der Waals surface area (Å²) in [6.07, 6.45) is 3.79. The van der Waals surface area contributed by atoms with Crippen LogP contribution in [0.1, 0.15) is 19.4 Å². The molecule has 0 amide bonds. The van der Waals surface area contributed by atoms with Gasteiger partial charge < -0.3 is 15.0 Å². The predicted molar refractivity (Wildman–Crippen MR) is 87.6 cm³/mol. The van der Waals surface area contributed by atoms with Crippen molar-refractivity contribution in [2.24, 2.45) is 0 Å². The van der Waals surface area contributed by atoms with Gasteiger partial charge in [-0.05, 0) is 31.2 Å². The van der Waals surface area contributed by atoms with E-state index in [1.54, 1.807) is 0 Å². The van der Waals surface area contributed by atoms with E-state index in [-0.39, 0.29) is 0 Å². The first kappa shape index (κ1) is 16.3. The molecule has 0 spiro atoms. The zero-order valence-corrected chi connectivity index (χ0v) is 12.7. The fourth-order valence-electron chi connectivity index (χ4n) is 2.05. The topological polar surface area (TPSA) is 24.5 Å². The van der Waals surface area contributed by atoms with Gasteiger partial charge in [-0.2, -0.15) is 0 Å². The quantitative estimate of drug-likeness (QED) is 0.662. The Morgan fingerprint density at radius 2 is 1.90 bits per heavy atom. The van der Waals surface area contributed by atoms with Crippen LogP contribution in [0.25, 0.3) is 0 Å². The summed E-state index contributed by atoms with van der Waals surface area (Å²) < 4.78 is 5.79. The molecule has 0 aliphatic rings. The van der Waals surface area contributed by atoms with Crippen LogP contribution in [0.4, 0.5) is 5.69 Å². The maximum Gasteiger partial charge on any atom is 0.142 e. The second-order valence-electron chi connectivity index (χ2n) is 4.50. The van der Waals surface area contributed by atoms with E-state index in [4.69, 9.17) is 4.74 Å². The van der Waals surface area contributed by atoms with Crippen LogP contribution >= 0.6 is 0 Å². The van der Waals surface area contributed by atoms with Gasteiger partial charge in [0.25, 0.3) is 0 Å². The van der Waals surface area contributed by atoms with Crippen molar-refractivity contribution in [1.29, 1.82) is 0 Å². The zero-order valence-electron chi connectivity index (χ0n) is 12.7. The Morgan fingerprint density at radius 1 is 1.20 bits per heavy atom. The van der Waals surface area contributed by atoms with Crippen molar-refractivity contribution in [3.05, 3.63) is 49.1 Å². The molecule has 0 bridgehead atoms. The molecule has 0 unspecified atom stereocenters. The highest BCUT2D eigenvalue weighted by molar-refractivity contribution is 5.60. The van der Waals surface area contributed by atoms with Crippen LogP contribution < -0.4 is 15.0 Å². The molecule has 1 aromatic carbocycles. The number of nitrogens with zero attached hydrogens (tertiary/aromatic N) is 1.